The third-order valence-electron chi connectivity index (χ3n) is 4.70. The molecule has 0 bridgehead atoms. The molecule has 0 radical (unpaired) electrons. The van der Waals surface area contributed by atoms with Crippen molar-refractivity contribution < 1.29 is 14.3 Å². The summed E-state index contributed by atoms with van der Waals surface area (Å²) in [7, 11) is 3.05. The highest BCUT2D eigenvalue weighted by Crippen LogP contribution is 2.29. The number of ether oxygens (including phenoxy) is 2. The fourth-order valence-electron chi connectivity index (χ4n) is 3.01. The number of carbonyl (C=O) groups is 1. The van der Waals surface area contributed by atoms with Crippen molar-refractivity contribution in [2.45, 2.75) is 19.9 Å². The molecule has 1 N–H and O–H groups in total. The van der Waals surface area contributed by atoms with Crippen LogP contribution in [0.15, 0.2) is 65.6 Å². The molecule has 1 aromatic heterocycles. The topological polar surface area (TPSA) is 69.6 Å². The van der Waals surface area contributed by atoms with Crippen LogP contribution in [0.1, 0.15) is 28.4 Å². The van der Waals surface area contributed by atoms with Crippen LogP contribution in [-0.2, 0) is 13.0 Å². The number of nitrogens with zero attached hydrogens (tertiary/aromatic N) is 1. The summed E-state index contributed by atoms with van der Waals surface area (Å²) in [5, 5.41) is 2.74. The summed E-state index contributed by atoms with van der Waals surface area (Å²) >= 11 is 0. The van der Waals surface area contributed by atoms with Gasteiger partial charge in [0.25, 0.3) is 11.5 Å². The number of aryl methyl sites for hydroxylation is 1. The summed E-state index contributed by atoms with van der Waals surface area (Å²) in [6.07, 6.45) is 2.64. The van der Waals surface area contributed by atoms with Crippen LogP contribution in [0.4, 0.5) is 5.69 Å². The van der Waals surface area contributed by atoms with Gasteiger partial charge in [0.1, 0.15) is 17.1 Å². The van der Waals surface area contributed by atoms with E-state index in [9.17, 15) is 9.59 Å². The van der Waals surface area contributed by atoms with Crippen molar-refractivity contribution in [2.75, 3.05) is 19.5 Å². The molecule has 1 amide bonds. The maximum Gasteiger partial charge on any atom is 0.263 e. The van der Waals surface area contributed by atoms with Gasteiger partial charge in [0.2, 0.25) is 0 Å². The average Bonchev–Trinajstić information content (AvgIpc) is 2.75. The number of carbonyl (C=O) groups excluding carboxylic acids is 1. The Hall–Kier alpha value is -3.54. The predicted octanol–water partition coefficient (Wildman–Crippen LogP) is 3.73. The van der Waals surface area contributed by atoms with Crippen LogP contribution in [-0.4, -0.2) is 24.7 Å². The Morgan fingerprint density at radius 3 is 2.38 bits per heavy atom. The molecule has 3 aromatic rings. The lowest BCUT2D eigenvalue weighted by molar-refractivity contribution is 0.102. The molecule has 1 heterocycles. The molecule has 29 heavy (non-hydrogen) atoms. The standard InChI is InChI=1S/C23H24N2O4/c1-4-16-7-9-17(10-8-16)15-25-13-5-6-19(23(25)27)22(26)24-20-14-18(28-2)11-12-21(20)29-3/h5-14H,4,15H2,1-3H3,(H,24,26). The van der Waals surface area contributed by atoms with Gasteiger partial charge in [-0.05, 0) is 41.8 Å². The lowest BCUT2D eigenvalue weighted by atomic mass is 10.1. The number of pyridine rings is 1. The van der Waals surface area contributed by atoms with Crippen molar-refractivity contribution in [3.8, 4) is 11.5 Å². The number of methoxy groups -OCH3 is 2. The van der Waals surface area contributed by atoms with E-state index in [2.05, 4.69) is 12.2 Å². The van der Waals surface area contributed by atoms with Gasteiger partial charge in [-0.25, -0.2) is 0 Å². The smallest absolute Gasteiger partial charge is 0.263 e. The lowest BCUT2D eigenvalue weighted by Crippen LogP contribution is -2.29. The van der Waals surface area contributed by atoms with Gasteiger partial charge in [0.05, 0.1) is 26.5 Å². The summed E-state index contributed by atoms with van der Waals surface area (Å²) < 4.78 is 12.0. The minimum atomic E-state index is -0.503. The Morgan fingerprint density at radius 2 is 1.72 bits per heavy atom. The highest BCUT2D eigenvalue weighted by Gasteiger charge is 2.15. The van der Waals surface area contributed by atoms with Gasteiger partial charge in [-0.1, -0.05) is 31.2 Å². The SMILES string of the molecule is CCc1ccc(Cn2cccc(C(=O)Nc3cc(OC)ccc3OC)c2=O)cc1. The van der Waals surface area contributed by atoms with Crippen molar-refractivity contribution in [3.05, 3.63) is 87.8 Å². The highest BCUT2D eigenvalue weighted by atomic mass is 16.5. The second kappa shape index (κ2) is 9.10. The van der Waals surface area contributed by atoms with E-state index in [0.29, 0.717) is 23.7 Å². The zero-order valence-electron chi connectivity index (χ0n) is 16.8. The molecule has 0 aliphatic rings. The number of hydrogen-bond acceptors (Lipinski definition) is 4. The molecule has 0 spiro atoms. The maximum atomic E-state index is 12.9. The number of rotatable bonds is 7. The van der Waals surface area contributed by atoms with Crippen LogP contribution < -0.4 is 20.3 Å². The van der Waals surface area contributed by atoms with Crippen molar-refractivity contribution in [3.63, 3.8) is 0 Å². The molecule has 0 aliphatic carbocycles. The number of amides is 1. The van der Waals surface area contributed by atoms with Crippen LogP contribution >= 0.6 is 0 Å². The lowest BCUT2D eigenvalue weighted by Gasteiger charge is -2.12. The summed E-state index contributed by atoms with van der Waals surface area (Å²) in [5.74, 6) is 0.547. The molecule has 0 atom stereocenters. The summed E-state index contributed by atoms with van der Waals surface area (Å²) in [6, 6.07) is 16.4. The average molecular weight is 392 g/mol. The van der Waals surface area contributed by atoms with Gasteiger partial charge in [0, 0.05) is 12.3 Å². The quantitative estimate of drug-likeness (QED) is 0.665. The first-order valence-corrected chi connectivity index (χ1v) is 9.36. The van der Waals surface area contributed by atoms with Crippen molar-refractivity contribution in [1.82, 2.24) is 4.57 Å². The molecule has 6 nitrogen and oxygen atoms in total. The summed E-state index contributed by atoms with van der Waals surface area (Å²) in [6.45, 7) is 2.49. The van der Waals surface area contributed by atoms with E-state index in [1.54, 1.807) is 30.5 Å². The zero-order valence-corrected chi connectivity index (χ0v) is 16.8. The first-order valence-electron chi connectivity index (χ1n) is 9.36. The number of nitrogens with one attached hydrogen (secondary N) is 1. The van der Waals surface area contributed by atoms with Crippen molar-refractivity contribution >= 4 is 11.6 Å². The first-order chi connectivity index (χ1) is 14.0. The van der Waals surface area contributed by atoms with Crippen LogP contribution in [0, 0.1) is 0 Å². The molecule has 0 fully saturated rings. The second-order valence-corrected chi connectivity index (χ2v) is 6.55. The Kier molecular flexibility index (Phi) is 6.34. The Labute approximate surface area is 169 Å². The molecule has 0 saturated heterocycles. The van der Waals surface area contributed by atoms with E-state index in [-0.39, 0.29) is 11.1 Å². The van der Waals surface area contributed by atoms with E-state index in [1.807, 2.05) is 24.3 Å². The van der Waals surface area contributed by atoms with E-state index >= 15 is 0 Å². The van der Waals surface area contributed by atoms with E-state index < -0.39 is 5.91 Å². The van der Waals surface area contributed by atoms with Gasteiger partial charge in [-0.2, -0.15) is 0 Å². The van der Waals surface area contributed by atoms with Gasteiger partial charge < -0.3 is 19.4 Å². The molecule has 2 aromatic carbocycles. The number of aromatic nitrogens is 1. The Morgan fingerprint density at radius 1 is 1.00 bits per heavy atom. The number of hydrogen-bond donors (Lipinski definition) is 1. The fourth-order valence-corrected chi connectivity index (χ4v) is 3.01. The minimum Gasteiger partial charge on any atom is -0.497 e. The highest BCUT2D eigenvalue weighted by molar-refractivity contribution is 6.04. The van der Waals surface area contributed by atoms with Crippen molar-refractivity contribution in [2.24, 2.45) is 0 Å². The van der Waals surface area contributed by atoms with E-state index in [0.717, 1.165) is 12.0 Å². The van der Waals surface area contributed by atoms with Gasteiger partial charge >= 0.3 is 0 Å². The van der Waals surface area contributed by atoms with E-state index in [4.69, 9.17) is 9.47 Å². The fraction of sp³-hybridized carbons (Fsp3) is 0.217. The second-order valence-electron chi connectivity index (χ2n) is 6.55. The van der Waals surface area contributed by atoms with Crippen LogP contribution in [0.5, 0.6) is 11.5 Å². The van der Waals surface area contributed by atoms with Crippen LogP contribution in [0.2, 0.25) is 0 Å². The third-order valence-corrected chi connectivity index (χ3v) is 4.70. The number of anilines is 1. The zero-order chi connectivity index (χ0) is 20.8. The monoisotopic (exact) mass is 392 g/mol. The molecule has 0 aliphatic heterocycles. The van der Waals surface area contributed by atoms with Crippen molar-refractivity contribution in [1.29, 1.82) is 0 Å². The predicted molar refractivity (Wildman–Crippen MR) is 113 cm³/mol. The molecular weight excluding hydrogens is 368 g/mol. The molecule has 0 saturated carbocycles. The largest absolute Gasteiger partial charge is 0.497 e. The van der Waals surface area contributed by atoms with Gasteiger partial charge in [0.15, 0.2) is 0 Å². The normalized spacial score (nSPS) is 10.4. The molecule has 3 rings (SSSR count). The summed E-state index contributed by atoms with van der Waals surface area (Å²) in [4.78, 5) is 25.6. The van der Waals surface area contributed by atoms with Crippen LogP contribution in [0.3, 0.4) is 0 Å². The molecule has 6 heteroatoms. The Bertz CT molecular complexity index is 1060. The minimum absolute atomic E-state index is 0.0579. The summed E-state index contributed by atoms with van der Waals surface area (Å²) in [5.41, 5.74) is 2.37. The van der Waals surface area contributed by atoms with Gasteiger partial charge in [-0.15, -0.1) is 0 Å². The molecule has 0 unspecified atom stereocenters. The third kappa shape index (κ3) is 4.66. The Balaban J connectivity index is 1.85. The maximum absolute atomic E-state index is 12.9. The molecular formula is C23H24N2O4. The molecule has 150 valence electrons. The van der Waals surface area contributed by atoms with Crippen LogP contribution in [0.25, 0.3) is 0 Å². The van der Waals surface area contributed by atoms with Gasteiger partial charge in [-0.3, -0.25) is 9.59 Å². The number of benzene rings is 2. The first kappa shape index (κ1) is 20.2. The van der Waals surface area contributed by atoms with E-state index in [1.165, 1.54) is 30.4 Å².